The van der Waals surface area contributed by atoms with Crippen molar-refractivity contribution >= 4 is 17.9 Å². The third-order valence-electron chi connectivity index (χ3n) is 5.86. The van der Waals surface area contributed by atoms with Crippen LogP contribution in [0.2, 0.25) is 0 Å². The molecule has 3 aliphatic rings. The Morgan fingerprint density at radius 2 is 1.80 bits per heavy atom. The SMILES string of the molecule is C#CCC1(C(=O)N2CCN(CC(=O)NC3CC3)CC2)CCCN1C(=O)OC(C)(C)C. The third-order valence-corrected chi connectivity index (χ3v) is 5.86. The van der Waals surface area contributed by atoms with Gasteiger partial charge in [-0.05, 0) is 46.5 Å². The summed E-state index contributed by atoms with van der Waals surface area (Å²) >= 11 is 0. The maximum Gasteiger partial charge on any atom is 0.411 e. The summed E-state index contributed by atoms with van der Waals surface area (Å²) in [5, 5.41) is 3.00. The fourth-order valence-corrected chi connectivity index (χ4v) is 4.22. The standard InChI is InChI=1S/C22H34N4O4/c1-5-9-22(10-6-11-26(22)20(29)30-21(2,3)4)19(28)25-14-12-24(13-15-25)16-18(27)23-17-7-8-17/h1,17H,6-16H2,2-4H3,(H,23,27). The summed E-state index contributed by atoms with van der Waals surface area (Å²) in [6, 6.07) is 0.352. The maximum atomic E-state index is 13.6. The second kappa shape index (κ2) is 8.84. The number of carbonyl (C=O) groups is 3. The van der Waals surface area contributed by atoms with Crippen LogP contribution in [-0.2, 0) is 14.3 Å². The Labute approximate surface area is 179 Å². The molecule has 0 bridgehead atoms. The van der Waals surface area contributed by atoms with E-state index in [9.17, 15) is 14.4 Å². The number of amides is 3. The highest BCUT2D eigenvalue weighted by molar-refractivity contribution is 5.91. The molecule has 3 fully saturated rings. The Hall–Kier alpha value is -2.27. The highest BCUT2D eigenvalue weighted by Crippen LogP contribution is 2.36. The lowest BCUT2D eigenvalue weighted by Gasteiger charge is -2.42. The smallest absolute Gasteiger partial charge is 0.411 e. The monoisotopic (exact) mass is 418 g/mol. The van der Waals surface area contributed by atoms with Crippen LogP contribution in [0.25, 0.3) is 0 Å². The van der Waals surface area contributed by atoms with E-state index in [2.05, 4.69) is 16.1 Å². The number of ether oxygens (including phenoxy) is 1. The van der Waals surface area contributed by atoms with Gasteiger partial charge in [0.25, 0.3) is 0 Å². The molecule has 1 aliphatic carbocycles. The number of carbonyl (C=O) groups excluding carboxylic acids is 3. The minimum absolute atomic E-state index is 0.0490. The zero-order valence-electron chi connectivity index (χ0n) is 18.4. The fourth-order valence-electron chi connectivity index (χ4n) is 4.22. The van der Waals surface area contributed by atoms with Gasteiger partial charge in [0.15, 0.2) is 0 Å². The van der Waals surface area contributed by atoms with Gasteiger partial charge in [-0.1, -0.05) is 0 Å². The van der Waals surface area contributed by atoms with Crippen LogP contribution in [0.15, 0.2) is 0 Å². The minimum atomic E-state index is -1.04. The molecule has 2 aliphatic heterocycles. The lowest BCUT2D eigenvalue weighted by molar-refractivity contribution is -0.144. The average molecular weight is 419 g/mol. The van der Waals surface area contributed by atoms with Gasteiger partial charge in [-0.3, -0.25) is 19.4 Å². The first-order valence-corrected chi connectivity index (χ1v) is 10.9. The van der Waals surface area contributed by atoms with E-state index in [1.54, 1.807) is 4.90 Å². The van der Waals surface area contributed by atoms with Gasteiger partial charge < -0.3 is 15.0 Å². The predicted octanol–water partition coefficient (Wildman–Crippen LogP) is 1.20. The number of piperazine rings is 1. The molecular formula is C22H34N4O4. The number of nitrogens with one attached hydrogen (secondary N) is 1. The summed E-state index contributed by atoms with van der Waals surface area (Å²) in [6.45, 7) is 8.54. The van der Waals surface area contributed by atoms with E-state index < -0.39 is 17.2 Å². The molecule has 0 aromatic rings. The van der Waals surface area contributed by atoms with Gasteiger partial charge in [0.05, 0.1) is 6.54 Å². The van der Waals surface area contributed by atoms with Crippen molar-refractivity contribution in [1.29, 1.82) is 0 Å². The van der Waals surface area contributed by atoms with Crippen molar-refractivity contribution in [2.45, 2.75) is 70.1 Å². The first-order valence-electron chi connectivity index (χ1n) is 10.9. The van der Waals surface area contributed by atoms with Crippen LogP contribution >= 0.6 is 0 Å². The molecule has 166 valence electrons. The van der Waals surface area contributed by atoms with E-state index in [-0.39, 0.29) is 18.2 Å². The Balaban J connectivity index is 1.63. The van der Waals surface area contributed by atoms with Gasteiger partial charge in [-0.25, -0.2) is 4.79 Å². The maximum absolute atomic E-state index is 13.6. The number of hydrogen-bond acceptors (Lipinski definition) is 5. The first-order chi connectivity index (χ1) is 14.1. The number of terminal acetylenes is 1. The van der Waals surface area contributed by atoms with Crippen molar-refractivity contribution in [2.75, 3.05) is 39.3 Å². The topological polar surface area (TPSA) is 82.2 Å². The zero-order chi connectivity index (χ0) is 21.9. The lowest BCUT2D eigenvalue weighted by atomic mass is 9.90. The van der Waals surface area contributed by atoms with Crippen LogP contribution in [0.1, 0.15) is 52.9 Å². The first kappa shape index (κ1) is 22.4. The van der Waals surface area contributed by atoms with Crippen molar-refractivity contribution in [2.24, 2.45) is 0 Å². The second-order valence-electron chi connectivity index (χ2n) is 9.56. The average Bonchev–Trinajstić information content (AvgIpc) is 3.36. The van der Waals surface area contributed by atoms with Crippen LogP contribution in [0.4, 0.5) is 4.79 Å². The predicted molar refractivity (Wildman–Crippen MR) is 113 cm³/mol. The molecule has 8 heteroatoms. The van der Waals surface area contributed by atoms with E-state index in [4.69, 9.17) is 11.2 Å². The van der Waals surface area contributed by atoms with Gasteiger partial charge in [-0.15, -0.1) is 12.3 Å². The molecule has 0 radical (unpaired) electrons. The number of nitrogens with zero attached hydrogens (tertiary/aromatic N) is 3. The summed E-state index contributed by atoms with van der Waals surface area (Å²) in [5.41, 5.74) is -1.68. The molecular weight excluding hydrogens is 384 g/mol. The molecule has 1 unspecified atom stereocenters. The van der Waals surface area contributed by atoms with Crippen molar-refractivity contribution in [3.63, 3.8) is 0 Å². The van der Waals surface area contributed by atoms with Crippen LogP contribution in [-0.4, -0.2) is 89.1 Å². The normalized spacial score (nSPS) is 25.0. The molecule has 3 rings (SSSR count). The van der Waals surface area contributed by atoms with E-state index in [0.29, 0.717) is 58.2 Å². The molecule has 3 amide bonds. The molecule has 2 saturated heterocycles. The van der Waals surface area contributed by atoms with Crippen LogP contribution in [0.3, 0.4) is 0 Å². The number of likely N-dealkylation sites (tertiary alicyclic amines) is 1. The number of rotatable bonds is 5. The Morgan fingerprint density at radius 3 is 2.37 bits per heavy atom. The fraction of sp³-hybridized carbons (Fsp3) is 0.773. The van der Waals surface area contributed by atoms with Crippen molar-refractivity contribution in [3.8, 4) is 12.3 Å². The molecule has 0 spiro atoms. The van der Waals surface area contributed by atoms with Gasteiger partial charge in [0.2, 0.25) is 11.8 Å². The molecule has 1 atom stereocenters. The molecule has 1 saturated carbocycles. The molecule has 2 heterocycles. The second-order valence-corrected chi connectivity index (χ2v) is 9.56. The van der Waals surface area contributed by atoms with E-state index >= 15 is 0 Å². The summed E-state index contributed by atoms with van der Waals surface area (Å²) in [6.07, 6.45) is 8.70. The summed E-state index contributed by atoms with van der Waals surface area (Å²) in [5.74, 6) is 2.56. The van der Waals surface area contributed by atoms with Gasteiger partial charge in [0, 0.05) is 45.2 Å². The molecule has 0 aromatic carbocycles. The minimum Gasteiger partial charge on any atom is -0.444 e. The Kier molecular flexibility index (Phi) is 6.61. The van der Waals surface area contributed by atoms with E-state index in [1.165, 1.54) is 4.90 Å². The van der Waals surface area contributed by atoms with Gasteiger partial charge in [-0.2, -0.15) is 0 Å². The van der Waals surface area contributed by atoms with Crippen molar-refractivity contribution in [1.82, 2.24) is 20.0 Å². The molecule has 0 aromatic heterocycles. The van der Waals surface area contributed by atoms with Crippen LogP contribution < -0.4 is 5.32 Å². The Morgan fingerprint density at radius 1 is 1.13 bits per heavy atom. The largest absolute Gasteiger partial charge is 0.444 e. The highest BCUT2D eigenvalue weighted by Gasteiger charge is 2.52. The molecule has 8 nitrogen and oxygen atoms in total. The van der Waals surface area contributed by atoms with Crippen LogP contribution in [0.5, 0.6) is 0 Å². The van der Waals surface area contributed by atoms with Crippen LogP contribution in [0, 0.1) is 12.3 Å². The summed E-state index contributed by atoms with van der Waals surface area (Å²) < 4.78 is 5.55. The quantitative estimate of drug-likeness (QED) is 0.679. The zero-order valence-corrected chi connectivity index (χ0v) is 18.4. The van der Waals surface area contributed by atoms with Crippen molar-refractivity contribution in [3.05, 3.63) is 0 Å². The third kappa shape index (κ3) is 5.25. The number of hydrogen-bond donors (Lipinski definition) is 1. The van der Waals surface area contributed by atoms with Gasteiger partial charge in [0.1, 0.15) is 11.1 Å². The van der Waals surface area contributed by atoms with E-state index in [1.807, 2.05) is 20.8 Å². The van der Waals surface area contributed by atoms with Gasteiger partial charge >= 0.3 is 6.09 Å². The molecule has 30 heavy (non-hydrogen) atoms. The van der Waals surface area contributed by atoms with E-state index in [0.717, 1.165) is 12.8 Å². The Bertz CT molecular complexity index is 714. The van der Waals surface area contributed by atoms with Crippen molar-refractivity contribution < 1.29 is 19.1 Å². The highest BCUT2D eigenvalue weighted by atomic mass is 16.6. The summed E-state index contributed by atoms with van der Waals surface area (Å²) in [4.78, 5) is 43.8. The lowest BCUT2D eigenvalue weighted by Crippen LogP contribution is -2.62. The summed E-state index contributed by atoms with van der Waals surface area (Å²) in [7, 11) is 0. The molecule has 1 N–H and O–H groups in total.